The molecule has 1 saturated heterocycles. The minimum atomic E-state index is 0.469. The summed E-state index contributed by atoms with van der Waals surface area (Å²) in [6.07, 6.45) is 0. The summed E-state index contributed by atoms with van der Waals surface area (Å²) in [6.45, 7) is 6.21. The number of piperazine rings is 1. The van der Waals surface area contributed by atoms with E-state index in [1.807, 2.05) is 0 Å². The lowest BCUT2D eigenvalue weighted by Crippen LogP contribution is -2.54. The molecule has 1 aromatic heterocycles. The lowest BCUT2D eigenvalue weighted by Gasteiger charge is -2.36. The Bertz CT molecular complexity index is 306. The van der Waals surface area contributed by atoms with Gasteiger partial charge < -0.3 is 10.2 Å². The zero-order valence-corrected chi connectivity index (χ0v) is 9.77. The standard InChI is InChI=1S/C8H13ClN4S/c1-5-3-13(4-6(2)10-5)8-7(9)11-14-12-8/h5-6,10H,3-4H2,1-2H3/t5-,6+. The normalized spacial score (nSPS) is 28.1. The molecule has 1 N–H and O–H groups in total. The second kappa shape index (κ2) is 4.00. The van der Waals surface area contributed by atoms with Crippen LogP contribution in [0, 0.1) is 0 Å². The molecule has 2 heterocycles. The first-order valence-corrected chi connectivity index (χ1v) is 5.76. The average molecular weight is 233 g/mol. The largest absolute Gasteiger partial charge is 0.350 e. The summed E-state index contributed by atoms with van der Waals surface area (Å²) in [5.74, 6) is 0.830. The molecular weight excluding hydrogens is 220 g/mol. The van der Waals surface area contributed by atoms with Crippen molar-refractivity contribution in [3.8, 4) is 0 Å². The van der Waals surface area contributed by atoms with Crippen LogP contribution in [0.15, 0.2) is 0 Å². The van der Waals surface area contributed by atoms with Gasteiger partial charge in [0, 0.05) is 25.2 Å². The van der Waals surface area contributed by atoms with Gasteiger partial charge in [0.2, 0.25) is 0 Å². The molecule has 0 radical (unpaired) electrons. The number of nitrogens with one attached hydrogen (secondary N) is 1. The highest BCUT2D eigenvalue weighted by atomic mass is 35.5. The summed E-state index contributed by atoms with van der Waals surface area (Å²) in [7, 11) is 0. The minimum Gasteiger partial charge on any atom is -0.350 e. The molecule has 0 amide bonds. The third-order valence-corrected chi connectivity index (χ3v) is 3.16. The summed E-state index contributed by atoms with van der Waals surface area (Å²) in [6, 6.07) is 0.938. The summed E-state index contributed by atoms with van der Waals surface area (Å²) < 4.78 is 8.18. The minimum absolute atomic E-state index is 0.469. The van der Waals surface area contributed by atoms with Gasteiger partial charge in [-0.15, -0.1) is 0 Å². The first-order chi connectivity index (χ1) is 6.66. The van der Waals surface area contributed by atoms with Gasteiger partial charge in [0.05, 0.1) is 11.7 Å². The lowest BCUT2D eigenvalue weighted by atomic mass is 10.1. The smallest absolute Gasteiger partial charge is 0.187 e. The van der Waals surface area contributed by atoms with E-state index in [1.165, 1.54) is 11.7 Å². The van der Waals surface area contributed by atoms with Gasteiger partial charge in [-0.2, -0.15) is 8.75 Å². The molecule has 1 aliphatic rings. The molecule has 1 aromatic rings. The maximum absolute atomic E-state index is 5.94. The fourth-order valence-electron chi connectivity index (χ4n) is 1.86. The maximum Gasteiger partial charge on any atom is 0.187 e. The molecule has 0 unspecified atom stereocenters. The van der Waals surface area contributed by atoms with E-state index >= 15 is 0 Å². The third kappa shape index (κ3) is 1.99. The topological polar surface area (TPSA) is 41.1 Å². The van der Waals surface area contributed by atoms with Crippen LogP contribution in [0.4, 0.5) is 5.82 Å². The molecule has 0 aromatic carbocycles. The van der Waals surface area contributed by atoms with Gasteiger partial charge in [-0.25, -0.2) is 0 Å². The highest BCUT2D eigenvalue weighted by Crippen LogP contribution is 2.24. The number of hydrogen-bond acceptors (Lipinski definition) is 5. The van der Waals surface area contributed by atoms with Gasteiger partial charge in [-0.3, -0.25) is 0 Å². The Morgan fingerprint density at radius 3 is 2.50 bits per heavy atom. The number of halogens is 1. The molecular formula is C8H13ClN4S. The summed E-state index contributed by atoms with van der Waals surface area (Å²) in [5.41, 5.74) is 0. The van der Waals surface area contributed by atoms with Crippen LogP contribution in [-0.4, -0.2) is 33.9 Å². The number of rotatable bonds is 1. The van der Waals surface area contributed by atoms with Crippen molar-refractivity contribution in [1.82, 2.24) is 14.1 Å². The van der Waals surface area contributed by atoms with Crippen molar-refractivity contribution < 1.29 is 0 Å². The second-order valence-corrected chi connectivity index (χ2v) is 4.64. The van der Waals surface area contributed by atoms with E-state index in [-0.39, 0.29) is 0 Å². The third-order valence-electron chi connectivity index (χ3n) is 2.29. The van der Waals surface area contributed by atoms with Gasteiger partial charge in [-0.05, 0) is 13.8 Å². The molecule has 1 fully saturated rings. The molecule has 2 rings (SSSR count). The second-order valence-electron chi connectivity index (χ2n) is 3.75. The van der Waals surface area contributed by atoms with Crippen LogP contribution in [0.3, 0.4) is 0 Å². The lowest BCUT2D eigenvalue weighted by molar-refractivity contribution is 0.405. The molecule has 1 aliphatic heterocycles. The van der Waals surface area contributed by atoms with E-state index in [1.54, 1.807) is 0 Å². The highest BCUT2D eigenvalue weighted by molar-refractivity contribution is 6.99. The molecule has 6 heteroatoms. The van der Waals surface area contributed by atoms with Gasteiger partial charge in [-0.1, -0.05) is 11.6 Å². The first-order valence-electron chi connectivity index (χ1n) is 4.66. The van der Waals surface area contributed by atoms with Crippen molar-refractivity contribution in [1.29, 1.82) is 0 Å². The van der Waals surface area contributed by atoms with Crippen molar-refractivity contribution in [2.45, 2.75) is 25.9 Å². The first kappa shape index (κ1) is 10.1. The van der Waals surface area contributed by atoms with Crippen molar-refractivity contribution in [2.24, 2.45) is 0 Å². The van der Waals surface area contributed by atoms with E-state index in [0.717, 1.165) is 18.9 Å². The van der Waals surface area contributed by atoms with Gasteiger partial charge >= 0.3 is 0 Å². The molecule has 0 saturated carbocycles. The summed E-state index contributed by atoms with van der Waals surface area (Å²) >= 11 is 7.11. The van der Waals surface area contributed by atoms with Crippen molar-refractivity contribution in [3.05, 3.63) is 5.15 Å². The van der Waals surface area contributed by atoms with Gasteiger partial charge in [0.15, 0.2) is 11.0 Å². The fraction of sp³-hybridized carbons (Fsp3) is 0.750. The molecule has 0 bridgehead atoms. The number of nitrogens with zero attached hydrogens (tertiary/aromatic N) is 3. The van der Waals surface area contributed by atoms with Gasteiger partial charge in [0.1, 0.15) is 0 Å². The van der Waals surface area contributed by atoms with E-state index < -0.39 is 0 Å². The Morgan fingerprint density at radius 2 is 2.00 bits per heavy atom. The predicted molar refractivity (Wildman–Crippen MR) is 59.2 cm³/mol. The van der Waals surface area contributed by atoms with Crippen LogP contribution < -0.4 is 10.2 Å². The van der Waals surface area contributed by atoms with Crippen LogP contribution in [0.25, 0.3) is 0 Å². The van der Waals surface area contributed by atoms with Crippen LogP contribution in [0.5, 0.6) is 0 Å². The maximum atomic E-state index is 5.94. The number of anilines is 1. The monoisotopic (exact) mass is 232 g/mol. The number of hydrogen-bond donors (Lipinski definition) is 1. The molecule has 0 spiro atoms. The van der Waals surface area contributed by atoms with Crippen LogP contribution in [0.1, 0.15) is 13.8 Å². The summed E-state index contributed by atoms with van der Waals surface area (Å²) in [5, 5.41) is 3.99. The van der Waals surface area contributed by atoms with E-state index in [9.17, 15) is 0 Å². The molecule has 0 aliphatic carbocycles. The molecule has 4 nitrogen and oxygen atoms in total. The Labute approximate surface area is 92.6 Å². The predicted octanol–water partition coefficient (Wildman–Crippen LogP) is 1.38. The zero-order chi connectivity index (χ0) is 10.1. The Hall–Kier alpha value is -0.390. The van der Waals surface area contributed by atoms with Gasteiger partial charge in [0.25, 0.3) is 0 Å². The van der Waals surface area contributed by atoms with Crippen molar-refractivity contribution in [2.75, 3.05) is 18.0 Å². The van der Waals surface area contributed by atoms with E-state index in [2.05, 4.69) is 32.8 Å². The zero-order valence-electron chi connectivity index (χ0n) is 8.20. The molecule has 2 atom stereocenters. The quantitative estimate of drug-likeness (QED) is 0.795. The van der Waals surface area contributed by atoms with Crippen LogP contribution >= 0.6 is 23.3 Å². The SMILES string of the molecule is C[C@@H]1CN(c2nsnc2Cl)C[C@H](C)N1. The average Bonchev–Trinajstić information content (AvgIpc) is 2.49. The number of aromatic nitrogens is 2. The van der Waals surface area contributed by atoms with E-state index in [4.69, 9.17) is 11.6 Å². The van der Waals surface area contributed by atoms with Crippen LogP contribution in [0.2, 0.25) is 5.15 Å². The Morgan fingerprint density at radius 1 is 1.36 bits per heavy atom. The van der Waals surface area contributed by atoms with Crippen molar-refractivity contribution >= 4 is 29.1 Å². The molecule has 14 heavy (non-hydrogen) atoms. The van der Waals surface area contributed by atoms with Crippen molar-refractivity contribution in [3.63, 3.8) is 0 Å². The Balaban J connectivity index is 2.15. The summed E-state index contributed by atoms with van der Waals surface area (Å²) in [4.78, 5) is 2.19. The Kier molecular flexibility index (Phi) is 2.90. The fourth-order valence-corrected chi connectivity index (χ4v) is 2.64. The molecule has 78 valence electrons. The van der Waals surface area contributed by atoms with E-state index in [0.29, 0.717) is 17.2 Å². The highest BCUT2D eigenvalue weighted by Gasteiger charge is 2.24. The van der Waals surface area contributed by atoms with Crippen LogP contribution in [-0.2, 0) is 0 Å².